The average molecular weight is 253 g/mol. The normalized spacial score (nSPS) is 12.7. The Hall–Kier alpha value is -1.53. The molecule has 0 fully saturated rings. The summed E-state index contributed by atoms with van der Waals surface area (Å²) in [5.74, 6) is -0.999. The number of hydrogen-bond acceptors (Lipinski definition) is 5. The zero-order chi connectivity index (χ0) is 13.5. The molecule has 1 heterocycles. The molecular formula is C12H19N3O3. The molecule has 1 N–H and O–H groups in total. The lowest BCUT2D eigenvalue weighted by Gasteiger charge is -2.27. The standard InChI is InChI=1S/C12H19N3O3/c1-4-15(9(2)7-18-3)6-11-10(12(16)17)5-13-8-14-11/h5,8-9H,4,6-7H2,1-3H3,(H,16,17). The van der Waals surface area contributed by atoms with Crippen LogP contribution in [0.4, 0.5) is 0 Å². The number of rotatable bonds is 7. The molecule has 1 aromatic rings. The molecule has 6 nitrogen and oxygen atoms in total. The van der Waals surface area contributed by atoms with Gasteiger partial charge in [0.15, 0.2) is 0 Å². The fraction of sp³-hybridized carbons (Fsp3) is 0.583. The van der Waals surface area contributed by atoms with E-state index in [4.69, 9.17) is 9.84 Å². The maximum atomic E-state index is 11.1. The molecule has 1 unspecified atom stereocenters. The molecule has 0 aliphatic heterocycles. The lowest BCUT2D eigenvalue weighted by atomic mass is 10.2. The van der Waals surface area contributed by atoms with Crippen molar-refractivity contribution in [2.75, 3.05) is 20.3 Å². The van der Waals surface area contributed by atoms with E-state index in [9.17, 15) is 4.79 Å². The molecule has 0 aliphatic carbocycles. The van der Waals surface area contributed by atoms with Crippen LogP contribution in [0.5, 0.6) is 0 Å². The summed E-state index contributed by atoms with van der Waals surface area (Å²) < 4.78 is 5.11. The number of aromatic carboxylic acids is 1. The summed E-state index contributed by atoms with van der Waals surface area (Å²) in [6.45, 7) is 5.93. The van der Waals surface area contributed by atoms with Crippen LogP contribution in [0.15, 0.2) is 12.5 Å². The summed E-state index contributed by atoms with van der Waals surface area (Å²) in [4.78, 5) is 21.0. The lowest BCUT2D eigenvalue weighted by molar-refractivity contribution is 0.0689. The topological polar surface area (TPSA) is 75.6 Å². The number of likely N-dealkylation sites (N-methyl/N-ethyl adjacent to an activating group) is 1. The molecule has 6 heteroatoms. The summed E-state index contributed by atoms with van der Waals surface area (Å²) in [7, 11) is 1.65. The van der Waals surface area contributed by atoms with Gasteiger partial charge >= 0.3 is 5.97 Å². The molecule has 1 aromatic heterocycles. The number of aromatic nitrogens is 2. The number of ether oxygens (including phenoxy) is 1. The second-order valence-corrected chi connectivity index (χ2v) is 4.06. The quantitative estimate of drug-likeness (QED) is 0.782. The van der Waals surface area contributed by atoms with Crippen LogP contribution in [0.25, 0.3) is 0 Å². The van der Waals surface area contributed by atoms with Gasteiger partial charge in [-0.2, -0.15) is 0 Å². The molecule has 0 aliphatic rings. The first-order chi connectivity index (χ1) is 8.60. The Morgan fingerprint density at radius 1 is 1.61 bits per heavy atom. The molecule has 0 radical (unpaired) electrons. The average Bonchev–Trinajstić information content (AvgIpc) is 2.36. The molecule has 0 amide bonds. The van der Waals surface area contributed by atoms with Gasteiger partial charge in [-0.05, 0) is 13.5 Å². The van der Waals surface area contributed by atoms with E-state index in [0.717, 1.165) is 6.54 Å². The van der Waals surface area contributed by atoms with Gasteiger partial charge in [0.1, 0.15) is 11.9 Å². The molecule has 1 rings (SSSR count). The van der Waals surface area contributed by atoms with Crippen LogP contribution in [0.1, 0.15) is 29.9 Å². The van der Waals surface area contributed by atoms with E-state index < -0.39 is 5.97 Å². The minimum absolute atomic E-state index is 0.153. The summed E-state index contributed by atoms with van der Waals surface area (Å²) in [6.07, 6.45) is 2.70. The van der Waals surface area contributed by atoms with Crippen LogP contribution >= 0.6 is 0 Å². The van der Waals surface area contributed by atoms with E-state index in [-0.39, 0.29) is 11.6 Å². The van der Waals surface area contributed by atoms with Crippen LogP contribution in [0.3, 0.4) is 0 Å². The van der Waals surface area contributed by atoms with Crippen LogP contribution < -0.4 is 0 Å². The third-order valence-corrected chi connectivity index (χ3v) is 2.82. The summed E-state index contributed by atoms with van der Waals surface area (Å²) >= 11 is 0. The molecule has 0 saturated carbocycles. The van der Waals surface area contributed by atoms with Crippen molar-refractivity contribution in [3.05, 3.63) is 23.8 Å². The van der Waals surface area contributed by atoms with Crippen LogP contribution in [0, 0.1) is 0 Å². The number of methoxy groups -OCH3 is 1. The van der Waals surface area contributed by atoms with Gasteiger partial charge in [-0.25, -0.2) is 14.8 Å². The van der Waals surface area contributed by atoms with Gasteiger partial charge in [0, 0.05) is 25.9 Å². The zero-order valence-corrected chi connectivity index (χ0v) is 11.0. The van der Waals surface area contributed by atoms with Crippen molar-refractivity contribution in [1.82, 2.24) is 14.9 Å². The summed E-state index contributed by atoms with van der Waals surface area (Å²) in [6, 6.07) is 0.205. The first kappa shape index (κ1) is 14.5. The zero-order valence-electron chi connectivity index (χ0n) is 11.0. The van der Waals surface area contributed by atoms with Crippen molar-refractivity contribution < 1.29 is 14.6 Å². The Balaban J connectivity index is 2.84. The van der Waals surface area contributed by atoms with Gasteiger partial charge in [-0.1, -0.05) is 6.92 Å². The molecule has 100 valence electrons. The Morgan fingerprint density at radius 3 is 2.89 bits per heavy atom. The molecule has 0 spiro atoms. The van der Waals surface area contributed by atoms with Crippen LogP contribution in [-0.4, -0.2) is 52.2 Å². The van der Waals surface area contributed by atoms with E-state index in [1.807, 2.05) is 13.8 Å². The minimum Gasteiger partial charge on any atom is -0.478 e. The second kappa shape index (κ2) is 7.03. The van der Waals surface area contributed by atoms with Gasteiger partial charge in [0.2, 0.25) is 0 Å². The first-order valence-corrected chi connectivity index (χ1v) is 5.85. The summed E-state index contributed by atoms with van der Waals surface area (Å²) in [5.41, 5.74) is 0.683. The number of nitrogens with zero attached hydrogens (tertiary/aromatic N) is 3. The molecule has 1 atom stereocenters. The lowest BCUT2D eigenvalue weighted by Crippen LogP contribution is -2.36. The van der Waals surface area contributed by atoms with Crippen molar-refractivity contribution >= 4 is 5.97 Å². The minimum atomic E-state index is -0.999. The molecule has 0 bridgehead atoms. The van der Waals surface area contributed by atoms with E-state index in [0.29, 0.717) is 18.8 Å². The maximum Gasteiger partial charge on any atom is 0.339 e. The summed E-state index contributed by atoms with van der Waals surface area (Å²) in [5, 5.41) is 9.07. The van der Waals surface area contributed by atoms with Crippen molar-refractivity contribution in [1.29, 1.82) is 0 Å². The number of hydrogen-bond donors (Lipinski definition) is 1. The van der Waals surface area contributed by atoms with E-state index in [1.165, 1.54) is 12.5 Å². The highest BCUT2D eigenvalue weighted by atomic mass is 16.5. The van der Waals surface area contributed by atoms with Crippen LogP contribution in [-0.2, 0) is 11.3 Å². The third kappa shape index (κ3) is 3.75. The third-order valence-electron chi connectivity index (χ3n) is 2.82. The van der Waals surface area contributed by atoms with Crippen molar-refractivity contribution in [2.45, 2.75) is 26.4 Å². The number of carboxylic acids is 1. The highest BCUT2D eigenvalue weighted by molar-refractivity contribution is 5.88. The second-order valence-electron chi connectivity index (χ2n) is 4.06. The van der Waals surface area contributed by atoms with Crippen LogP contribution in [0.2, 0.25) is 0 Å². The van der Waals surface area contributed by atoms with Gasteiger partial charge in [0.25, 0.3) is 0 Å². The van der Waals surface area contributed by atoms with E-state index >= 15 is 0 Å². The molecule has 0 saturated heterocycles. The van der Waals surface area contributed by atoms with Gasteiger partial charge in [-0.15, -0.1) is 0 Å². The van der Waals surface area contributed by atoms with Crippen molar-refractivity contribution in [3.8, 4) is 0 Å². The Labute approximate surface area is 107 Å². The molecule has 0 aromatic carbocycles. The predicted octanol–water partition coefficient (Wildman–Crippen LogP) is 1.03. The Bertz CT molecular complexity index is 398. The van der Waals surface area contributed by atoms with Crippen molar-refractivity contribution in [3.63, 3.8) is 0 Å². The smallest absolute Gasteiger partial charge is 0.339 e. The highest BCUT2D eigenvalue weighted by Crippen LogP contribution is 2.10. The van der Waals surface area contributed by atoms with Crippen molar-refractivity contribution in [2.24, 2.45) is 0 Å². The Morgan fingerprint density at radius 2 is 2.33 bits per heavy atom. The van der Waals surface area contributed by atoms with Gasteiger partial charge in [0.05, 0.1) is 12.3 Å². The molecular weight excluding hydrogens is 234 g/mol. The predicted molar refractivity (Wildman–Crippen MR) is 66.4 cm³/mol. The fourth-order valence-corrected chi connectivity index (χ4v) is 1.78. The maximum absolute atomic E-state index is 11.1. The largest absolute Gasteiger partial charge is 0.478 e. The van der Waals surface area contributed by atoms with E-state index in [2.05, 4.69) is 14.9 Å². The van der Waals surface area contributed by atoms with Gasteiger partial charge < -0.3 is 9.84 Å². The molecule has 18 heavy (non-hydrogen) atoms. The van der Waals surface area contributed by atoms with Gasteiger partial charge in [-0.3, -0.25) is 4.90 Å². The fourth-order valence-electron chi connectivity index (χ4n) is 1.78. The SMILES string of the molecule is CCN(Cc1ncncc1C(=O)O)C(C)COC. The highest BCUT2D eigenvalue weighted by Gasteiger charge is 2.17. The van der Waals surface area contributed by atoms with E-state index in [1.54, 1.807) is 7.11 Å². The monoisotopic (exact) mass is 253 g/mol. The number of carbonyl (C=O) groups is 1. The number of carboxylic acid groups (broad SMARTS) is 1. The first-order valence-electron chi connectivity index (χ1n) is 5.85. The Kier molecular flexibility index (Phi) is 5.67.